The van der Waals surface area contributed by atoms with E-state index in [1.807, 2.05) is 25.6 Å². The zero-order valence-electron chi connectivity index (χ0n) is 17.3. The molecule has 1 aromatic rings. The molecule has 0 spiro atoms. The topological polar surface area (TPSA) is 41.9 Å². The van der Waals surface area contributed by atoms with Gasteiger partial charge in [-0.2, -0.15) is 11.8 Å². The van der Waals surface area contributed by atoms with Crippen LogP contribution >= 0.6 is 23.4 Å². The van der Waals surface area contributed by atoms with Gasteiger partial charge in [0, 0.05) is 0 Å². The summed E-state index contributed by atoms with van der Waals surface area (Å²) in [5, 5.41) is 4.20. The molecular weight excluding hydrogens is 380 g/mol. The molecule has 0 aromatic heterocycles. The molecule has 0 unspecified atom stereocenters. The quantitative estimate of drug-likeness (QED) is 0.199. The van der Waals surface area contributed by atoms with Crippen molar-refractivity contribution in [2.24, 2.45) is 5.16 Å². The van der Waals surface area contributed by atoms with Gasteiger partial charge >= 0.3 is 0 Å². The zero-order valence-corrected chi connectivity index (χ0v) is 18.9. The van der Waals surface area contributed by atoms with Crippen molar-refractivity contribution in [1.29, 1.82) is 0 Å². The van der Waals surface area contributed by atoms with Crippen LogP contribution in [0.4, 0.5) is 5.69 Å². The van der Waals surface area contributed by atoms with Gasteiger partial charge in [0.05, 0.1) is 11.4 Å². The molecule has 0 atom stereocenters. The van der Waals surface area contributed by atoms with Gasteiger partial charge in [0.2, 0.25) is 5.91 Å². The first kappa shape index (κ1) is 23.8. The highest BCUT2D eigenvalue weighted by atomic mass is 35.5. The van der Waals surface area contributed by atoms with Crippen LogP contribution in [-0.2, 0) is 28.9 Å². The number of thioether (sulfide) groups is 1. The maximum absolute atomic E-state index is 12.7. The summed E-state index contributed by atoms with van der Waals surface area (Å²) in [5.74, 6) is 0.814. The lowest BCUT2D eigenvalue weighted by Crippen LogP contribution is -2.35. The summed E-state index contributed by atoms with van der Waals surface area (Å²) in [4.78, 5) is 19.9. The Hall–Kier alpha value is -1.20. The summed E-state index contributed by atoms with van der Waals surface area (Å²) in [7, 11) is 0. The number of carbonyl (C=O) groups is 1. The van der Waals surface area contributed by atoms with Crippen molar-refractivity contribution in [2.75, 3.05) is 29.5 Å². The smallest absolute Gasteiger partial charge is 0.244 e. The maximum Gasteiger partial charge on any atom is 0.244 e. The van der Waals surface area contributed by atoms with Gasteiger partial charge in [-0.25, -0.2) is 0 Å². The number of benzene rings is 1. The summed E-state index contributed by atoms with van der Waals surface area (Å²) in [5.41, 5.74) is 5.57. The van der Waals surface area contributed by atoms with Crippen LogP contribution in [0.25, 0.3) is 0 Å². The molecule has 0 radical (unpaired) electrons. The summed E-state index contributed by atoms with van der Waals surface area (Å²) in [6.07, 6.45) is 6.47. The minimum atomic E-state index is -0.159. The molecule has 0 aliphatic rings. The molecule has 1 aromatic carbocycles. The number of hydrogen-bond donors (Lipinski definition) is 0. The average molecular weight is 413 g/mol. The largest absolute Gasteiger partial charge is 0.373 e. The number of amides is 1. The van der Waals surface area contributed by atoms with Gasteiger partial charge in [-0.1, -0.05) is 45.0 Å². The second kappa shape index (κ2) is 13.1. The van der Waals surface area contributed by atoms with Crippen LogP contribution in [0.2, 0.25) is 0 Å². The molecule has 27 heavy (non-hydrogen) atoms. The van der Waals surface area contributed by atoms with Crippen LogP contribution in [0.3, 0.4) is 0 Å². The number of alkyl halides is 1. The first-order chi connectivity index (χ1) is 13.1. The first-order valence-electron chi connectivity index (χ1n) is 9.74. The Balaban J connectivity index is 3.33. The van der Waals surface area contributed by atoms with Gasteiger partial charge in [0.15, 0.2) is 6.73 Å². The number of nitrogens with zero attached hydrogens (tertiary/aromatic N) is 2. The van der Waals surface area contributed by atoms with Crippen molar-refractivity contribution in [1.82, 2.24) is 0 Å². The van der Waals surface area contributed by atoms with Gasteiger partial charge in [-0.05, 0) is 60.8 Å². The molecule has 1 amide bonds. The molecule has 0 heterocycles. The van der Waals surface area contributed by atoms with E-state index < -0.39 is 0 Å². The van der Waals surface area contributed by atoms with Gasteiger partial charge in [-0.3, -0.25) is 9.69 Å². The van der Waals surface area contributed by atoms with Crippen LogP contribution in [0.1, 0.15) is 57.2 Å². The Kier molecular flexibility index (Phi) is 11.5. The van der Waals surface area contributed by atoms with E-state index >= 15 is 0 Å². The molecule has 4 nitrogen and oxygen atoms in total. The van der Waals surface area contributed by atoms with E-state index in [1.165, 1.54) is 11.1 Å². The van der Waals surface area contributed by atoms with Crippen LogP contribution < -0.4 is 4.90 Å². The molecule has 0 aliphatic carbocycles. The third-order valence-electron chi connectivity index (χ3n) is 4.66. The average Bonchev–Trinajstić information content (AvgIpc) is 2.71. The Morgan fingerprint density at radius 1 is 1.15 bits per heavy atom. The fourth-order valence-corrected chi connectivity index (χ4v) is 3.65. The van der Waals surface area contributed by atoms with E-state index in [1.54, 1.807) is 4.90 Å². The number of halogens is 1. The number of carbonyl (C=O) groups excluding carboxylic acids is 1. The Morgan fingerprint density at radius 2 is 1.81 bits per heavy atom. The predicted octanol–water partition coefficient (Wildman–Crippen LogP) is 5.44. The van der Waals surface area contributed by atoms with Crippen molar-refractivity contribution in [2.45, 2.75) is 59.8 Å². The number of aryl methyl sites for hydroxylation is 2. The molecule has 0 fully saturated rings. The van der Waals surface area contributed by atoms with Crippen molar-refractivity contribution < 1.29 is 9.63 Å². The summed E-state index contributed by atoms with van der Waals surface area (Å²) in [6.45, 7) is 8.42. The Morgan fingerprint density at radius 3 is 2.33 bits per heavy atom. The maximum atomic E-state index is 12.7. The summed E-state index contributed by atoms with van der Waals surface area (Å²) in [6, 6.07) is 4.33. The molecule has 0 saturated carbocycles. The number of oxime groups is 1. The highest BCUT2D eigenvalue weighted by Crippen LogP contribution is 2.31. The van der Waals surface area contributed by atoms with Crippen molar-refractivity contribution >= 4 is 40.7 Å². The van der Waals surface area contributed by atoms with E-state index in [0.717, 1.165) is 54.8 Å². The first-order valence-corrected chi connectivity index (χ1v) is 11.7. The second-order valence-electron chi connectivity index (χ2n) is 6.24. The third-order valence-corrected chi connectivity index (χ3v) is 5.50. The van der Waals surface area contributed by atoms with E-state index in [2.05, 4.69) is 37.4 Å². The SMILES string of the molecule is CCC(CC)=NOCN(C(=O)CCl)c1c(CC)ccc(CCSC)c1CC. The standard InChI is InChI=1S/C21H33ClN2O2S/c1-6-16-10-11-17(12-13-27-5)19(9-4)21(16)24(20(25)14-22)15-26-23-18(7-2)8-3/h10-11H,6-9,12-15H2,1-5H3. The van der Waals surface area contributed by atoms with Crippen LogP contribution in [0, 0.1) is 0 Å². The van der Waals surface area contributed by atoms with Crippen molar-refractivity contribution in [3.8, 4) is 0 Å². The number of hydrogen-bond acceptors (Lipinski definition) is 4. The van der Waals surface area contributed by atoms with Crippen molar-refractivity contribution in [3.63, 3.8) is 0 Å². The van der Waals surface area contributed by atoms with Gasteiger partial charge < -0.3 is 4.84 Å². The number of rotatable bonds is 12. The molecule has 0 aliphatic heterocycles. The normalized spacial score (nSPS) is 10.6. The predicted molar refractivity (Wildman–Crippen MR) is 119 cm³/mol. The lowest BCUT2D eigenvalue weighted by Gasteiger charge is -2.27. The van der Waals surface area contributed by atoms with Crippen LogP contribution in [0.15, 0.2) is 17.3 Å². The van der Waals surface area contributed by atoms with Gasteiger partial charge in [0.25, 0.3) is 0 Å². The lowest BCUT2D eigenvalue weighted by atomic mass is 9.95. The van der Waals surface area contributed by atoms with E-state index in [0.29, 0.717) is 0 Å². The Labute approximate surface area is 173 Å². The number of anilines is 1. The van der Waals surface area contributed by atoms with E-state index in [4.69, 9.17) is 16.4 Å². The van der Waals surface area contributed by atoms with Crippen LogP contribution in [-0.4, -0.2) is 36.2 Å². The zero-order chi connectivity index (χ0) is 20.2. The minimum absolute atomic E-state index is 0.0805. The Bertz CT molecular complexity index is 629. The minimum Gasteiger partial charge on any atom is -0.373 e. The molecular formula is C21H33ClN2O2S. The van der Waals surface area contributed by atoms with Gasteiger partial charge in [-0.15, -0.1) is 11.6 Å². The van der Waals surface area contributed by atoms with Gasteiger partial charge in [0.1, 0.15) is 5.88 Å². The molecule has 1 rings (SSSR count). The summed E-state index contributed by atoms with van der Waals surface area (Å²) >= 11 is 7.75. The molecule has 0 bridgehead atoms. The second-order valence-corrected chi connectivity index (χ2v) is 7.49. The van der Waals surface area contributed by atoms with E-state index in [-0.39, 0.29) is 18.5 Å². The highest BCUT2D eigenvalue weighted by molar-refractivity contribution is 7.98. The fourth-order valence-electron chi connectivity index (χ4n) is 3.08. The van der Waals surface area contributed by atoms with Crippen LogP contribution in [0.5, 0.6) is 0 Å². The van der Waals surface area contributed by atoms with Crippen molar-refractivity contribution in [3.05, 3.63) is 28.8 Å². The summed E-state index contributed by atoms with van der Waals surface area (Å²) < 4.78 is 0. The molecule has 6 heteroatoms. The monoisotopic (exact) mass is 412 g/mol. The molecule has 0 N–H and O–H groups in total. The lowest BCUT2D eigenvalue weighted by molar-refractivity contribution is -0.117. The molecule has 152 valence electrons. The van der Waals surface area contributed by atoms with E-state index in [9.17, 15) is 4.79 Å². The molecule has 0 saturated heterocycles. The highest BCUT2D eigenvalue weighted by Gasteiger charge is 2.23. The third kappa shape index (κ3) is 6.72. The fraction of sp³-hybridized carbons (Fsp3) is 0.619.